The van der Waals surface area contributed by atoms with Crippen molar-refractivity contribution in [3.05, 3.63) is 64.3 Å². The number of nitriles is 1. The van der Waals surface area contributed by atoms with Gasteiger partial charge in [-0.1, -0.05) is 23.7 Å². The predicted octanol–water partition coefficient (Wildman–Crippen LogP) is 3.04. The van der Waals surface area contributed by atoms with E-state index < -0.39 is 11.9 Å². The smallest absolute Gasteiger partial charge is 0.255 e. The summed E-state index contributed by atoms with van der Waals surface area (Å²) in [5, 5.41) is 16.5. The first-order valence-electron chi connectivity index (χ1n) is 10.4. The van der Waals surface area contributed by atoms with Gasteiger partial charge in [-0.2, -0.15) is 10.4 Å². The molecular formula is C24H18ClN5O3. The SMILES string of the molecule is Cn1ncc(-c2ccc3c(c2)CN(C2CCC(=O)NC2=O)C3=O)c1-c1ccc(Cl)c(C#N)c1. The molecule has 2 aromatic carbocycles. The van der Waals surface area contributed by atoms with Crippen LogP contribution >= 0.6 is 11.6 Å². The highest BCUT2D eigenvalue weighted by atomic mass is 35.5. The topological polar surface area (TPSA) is 108 Å². The van der Waals surface area contributed by atoms with Crippen molar-refractivity contribution in [2.75, 3.05) is 0 Å². The second-order valence-electron chi connectivity index (χ2n) is 8.11. The van der Waals surface area contributed by atoms with Crippen LogP contribution < -0.4 is 5.32 Å². The Morgan fingerprint density at radius 1 is 1.12 bits per heavy atom. The summed E-state index contributed by atoms with van der Waals surface area (Å²) < 4.78 is 1.73. The zero-order chi connectivity index (χ0) is 23.3. The molecule has 1 saturated heterocycles. The first kappa shape index (κ1) is 20.9. The van der Waals surface area contributed by atoms with E-state index in [1.807, 2.05) is 25.2 Å². The van der Waals surface area contributed by atoms with Crippen LogP contribution in [0.1, 0.15) is 34.3 Å². The van der Waals surface area contributed by atoms with E-state index in [-0.39, 0.29) is 18.2 Å². The number of nitrogens with zero attached hydrogens (tertiary/aromatic N) is 4. The predicted molar refractivity (Wildman–Crippen MR) is 120 cm³/mol. The van der Waals surface area contributed by atoms with Crippen LogP contribution in [0.3, 0.4) is 0 Å². The molecule has 9 heteroatoms. The average Bonchev–Trinajstić information content (AvgIpc) is 3.34. The van der Waals surface area contributed by atoms with Gasteiger partial charge in [0.05, 0.1) is 22.5 Å². The summed E-state index contributed by atoms with van der Waals surface area (Å²) in [6.07, 6.45) is 2.28. The fourth-order valence-electron chi connectivity index (χ4n) is 4.49. The highest BCUT2D eigenvalue weighted by Crippen LogP contribution is 2.36. The van der Waals surface area contributed by atoms with E-state index in [0.717, 1.165) is 27.9 Å². The van der Waals surface area contributed by atoms with Crippen LogP contribution in [-0.4, -0.2) is 38.4 Å². The van der Waals surface area contributed by atoms with Crippen molar-refractivity contribution in [3.8, 4) is 28.5 Å². The summed E-state index contributed by atoms with van der Waals surface area (Å²) in [6, 6.07) is 12.2. The van der Waals surface area contributed by atoms with Gasteiger partial charge in [0.15, 0.2) is 0 Å². The van der Waals surface area contributed by atoms with Crippen LogP contribution in [-0.2, 0) is 23.2 Å². The largest absolute Gasteiger partial charge is 0.322 e. The maximum Gasteiger partial charge on any atom is 0.255 e. The Bertz CT molecular complexity index is 1390. The molecule has 3 heterocycles. The summed E-state index contributed by atoms with van der Waals surface area (Å²) in [6.45, 7) is 0.295. The standard InChI is InChI=1S/C24H18ClN5O3/c1-29-22(14-3-5-19(25)15(9-14)10-26)18(11-27-29)13-2-4-17-16(8-13)12-30(24(17)33)20-6-7-21(31)28-23(20)32/h2-5,8-9,11,20H,6-7,12H2,1H3,(H,28,31,32). The highest BCUT2D eigenvalue weighted by molar-refractivity contribution is 6.31. The minimum Gasteiger partial charge on any atom is -0.322 e. The van der Waals surface area contributed by atoms with Gasteiger partial charge < -0.3 is 4.90 Å². The number of piperidine rings is 1. The number of benzene rings is 2. The number of hydrogen-bond donors (Lipinski definition) is 1. The molecule has 1 fully saturated rings. The van der Waals surface area contributed by atoms with Crippen molar-refractivity contribution in [2.24, 2.45) is 7.05 Å². The van der Waals surface area contributed by atoms with E-state index in [2.05, 4.69) is 16.5 Å². The Hall–Kier alpha value is -3.96. The second-order valence-corrected chi connectivity index (χ2v) is 8.52. The number of carbonyl (C=O) groups excluding carboxylic acids is 3. The average molecular weight is 460 g/mol. The van der Waals surface area contributed by atoms with Gasteiger partial charge in [-0.3, -0.25) is 24.4 Å². The fraction of sp³-hybridized carbons (Fsp3) is 0.208. The number of aryl methyl sites for hydroxylation is 1. The number of amides is 3. The molecule has 2 aliphatic heterocycles. The lowest BCUT2D eigenvalue weighted by atomic mass is 9.97. The Morgan fingerprint density at radius 3 is 2.67 bits per heavy atom. The molecule has 0 bridgehead atoms. The number of fused-ring (bicyclic) bond motifs is 1. The number of rotatable bonds is 3. The quantitative estimate of drug-likeness (QED) is 0.605. The van der Waals surface area contributed by atoms with E-state index >= 15 is 0 Å². The van der Waals surface area contributed by atoms with Crippen molar-refractivity contribution < 1.29 is 14.4 Å². The third kappa shape index (κ3) is 3.47. The maximum atomic E-state index is 13.0. The first-order valence-corrected chi connectivity index (χ1v) is 10.7. The van der Waals surface area contributed by atoms with Gasteiger partial charge in [0.25, 0.3) is 5.91 Å². The molecule has 1 aromatic heterocycles. The Labute approximate surface area is 194 Å². The number of hydrogen-bond acceptors (Lipinski definition) is 5. The minimum absolute atomic E-state index is 0.214. The van der Waals surface area contributed by atoms with Gasteiger partial charge in [0.1, 0.15) is 12.1 Å². The molecule has 0 saturated carbocycles. The Morgan fingerprint density at radius 2 is 1.91 bits per heavy atom. The molecule has 0 spiro atoms. The zero-order valence-electron chi connectivity index (χ0n) is 17.6. The van der Waals surface area contributed by atoms with E-state index in [1.165, 1.54) is 4.90 Å². The monoisotopic (exact) mass is 459 g/mol. The normalized spacial score (nSPS) is 17.7. The second kappa shape index (κ2) is 7.87. The molecule has 1 N–H and O–H groups in total. The van der Waals surface area contributed by atoms with E-state index in [0.29, 0.717) is 29.1 Å². The maximum absolute atomic E-state index is 13.0. The fourth-order valence-corrected chi connectivity index (χ4v) is 4.65. The third-order valence-electron chi connectivity index (χ3n) is 6.13. The molecule has 0 radical (unpaired) electrons. The lowest BCUT2D eigenvalue weighted by Gasteiger charge is -2.29. The van der Waals surface area contributed by atoms with Crippen LogP contribution in [0.15, 0.2) is 42.6 Å². The molecular weight excluding hydrogens is 442 g/mol. The molecule has 2 aliphatic rings. The van der Waals surface area contributed by atoms with Gasteiger partial charge in [-0.05, 0) is 41.8 Å². The number of nitrogens with one attached hydrogen (secondary N) is 1. The van der Waals surface area contributed by atoms with Crippen LogP contribution in [0.4, 0.5) is 0 Å². The Balaban J connectivity index is 1.51. The van der Waals surface area contributed by atoms with Gasteiger partial charge in [-0.15, -0.1) is 0 Å². The summed E-state index contributed by atoms with van der Waals surface area (Å²) >= 11 is 6.10. The Kier molecular flexibility index (Phi) is 4.99. The number of imide groups is 1. The molecule has 3 amide bonds. The molecule has 3 aromatic rings. The zero-order valence-corrected chi connectivity index (χ0v) is 18.4. The molecule has 5 rings (SSSR count). The van der Waals surface area contributed by atoms with Crippen LogP contribution in [0.2, 0.25) is 5.02 Å². The molecule has 8 nitrogen and oxygen atoms in total. The van der Waals surface area contributed by atoms with Crippen LogP contribution in [0, 0.1) is 11.3 Å². The molecule has 1 atom stereocenters. The van der Waals surface area contributed by atoms with Crippen molar-refractivity contribution in [3.63, 3.8) is 0 Å². The lowest BCUT2D eigenvalue weighted by molar-refractivity contribution is -0.136. The molecule has 33 heavy (non-hydrogen) atoms. The van der Waals surface area contributed by atoms with Crippen molar-refractivity contribution in [2.45, 2.75) is 25.4 Å². The van der Waals surface area contributed by atoms with Gasteiger partial charge in [-0.25, -0.2) is 0 Å². The van der Waals surface area contributed by atoms with E-state index in [9.17, 15) is 19.6 Å². The third-order valence-corrected chi connectivity index (χ3v) is 6.46. The summed E-state index contributed by atoms with van der Waals surface area (Å²) in [5.74, 6) is -0.958. The van der Waals surface area contributed by atoms with Crippen molar-refractivity contribution in [1.82, 2.24) is 20.0 Å². The first-order chi connectivity index (χ1) is 15.9. The molecule has 1 unspecified atom stereocenters. The number of halogens is 1. The van der Waals surface area contributed by atoms with E-state index in [1.54, 1.807) is 29.1 Å². The van der Waals surface area contributed by atoms with Gasteiger partial charge >= 0.3 is 0 Å². The lowest BCUT2D eigenvalue weighted by Crippen LogP contribution is -2.52. The van der Waals surface area contributed by atoms with Crippen LogP contribution in [0.25, 0.3) is 22.4 Å². The van der Waals surface area contributed by atoms with E-state index in [4.69, 9.17) is 11.6 Å². The van der Waals surface area contributed by atoms with Crippen molar-refractivity contribution >= 4 is 29.3 Å². The van der Waals surface area contributed by atoms with Crippen molar-refractivity contribution in [1.29, 1.82) is 5.26 Å². The highest BCUT2D eigenvalue weighted by Gasteiger charge is 2.39. The summed E-state index contributed by atoms with van der Waals surface area (Å²) in [5.41, 5.74) is 5.06. The van der Waals surface area contributed by atoms with Gasteiger partial charge in [0, 0.05) is 36.7 Å². The van der Waals surface area contributed by atoms with Gasteiger partial charge in [0.2, 0.25) is 11.8 Å². The molecule has 0 aliphatic carbocycles. The number of carbonyl (C=O) groups is 3. The number of aromatic nitrogens is 2. The summed E-state index contributed by atoms with van der Waals surface area (Å²) in [7, 11) is 1.82. The minimum atomic E-state index is -0.654. The molecule has 164 valence electrons. The van der Waals surface area contributed by atoms with Crippen LogP contribution in [0.5, 0.6) is 0 Å². The summed E-state index contributed by atoms with van der Waals surface area (Å²) in [4.78, 5) is 38.3.